The molecule has 1 N–H and O–H groups in total. The van der Waals surface area contributed by atoms with Crippen molar-refractivity contribution in [1.82, 2.24) is 9.97 Å². The first kappa shape index (κ1) is 22.0. The van der Waals surface area contributed by atoms with Crippen LogP contribution >= 0.6 is 0 Å². The van der Waals surface area contributed by atoms with E-state index in [4.69, 9.17) is 4.84 Å². The van der Waals surface area contributed by atoms with Crippen LogP contribution in [0, 0.1) is 18.6 Å². The Kier molecular flexibility index (Phi) is 6.07. The number of nitrogens with zero attached hydrogens (tertiary/aromatic N) is 3. The number of methoxy groups -OCH3 is 1. The van der Waals surface area contributed by atoms with Gasteiger partial charge in [0.1, 0.15) is 17.2 Å². The maximum absolute atomic E-state index is 13.8. The fourth-order valence-corrected chi connectivity index (χ4v) is 3.31. The Labute approximate surface area is 187 Å². The monoisotopic (exact) mass is 452 g/mol. The van der Waals surface area contributed by atoms with E-state index in [-0.39, 0.29) is 12.2 Å². The molecule has 4 rings (SSSR count). The number of esters is 1. The van der Waals surface area contributed by atoms with Gasteiger partial charge >= 0.3 is 5.97 Å². The number of hydrogen-bond donors (Lipinski definition) is 1. The van der Waals surface area contributed by atoms with Gasteiger partial charge in [0.25, 0.3) is 5.91 Å². The van der Waals surface area contributed by atoms with Crippen LogP contribution in [0.1, 0.15) is 27.9 Å². The first-order valence-corrected chi connectivity index (χ1v) is 9.86. The Hall–Kier alpha value is -4.21. The molecule has 0 aliphatic carbocycles. The summed E-state index contributed by atoms with van der Waals surface area (Å²) >= 11 is 0. The minimum Gasteiger partial charge on any atom is -0.466 e. The van der Waals surface area contributed by atoms with Gasteiger partial charge in [0.2, 0.25) is 6.10 Å². The summed E-state index contributed by atoms with van der Waals surface area (Å²) in [5.74, 6) is -3.38. The number of hydrogen-bond acceptors (Lipinski definition) is 7. The van der Waals surface area contributed by atoms with Gasteiger partial charge < -0.3 is 14.9 Å². The molecule has 0 saturated heterocycles. The molecule has 3 aromatic rings. The van der Waals surface area contributed by atoms with Gasteiger partial charge in [-0.15, -0.1) is 0 Å². The van der Waals surface area contributed by atoms with Crippen molar-refractivity contribution in [2.24, 2.45) is 5.16 Å². The lowest BCUT2D eigenvalue weighted by Crippen LogP contribution is -2.22. The van der Waals surface area contributed by atoms with E-state index in [0.717, 1.165) is 28.8 Å². The molecule has 8 nitrogen and oxygen atoms in total. The average molecular weight is 452 g/mol. The summed E-state index contributed by atoms with van der Waals surface area (Å²) in [6, 6.07) is 8.73. The van der Waals surface area contributed by atoms with Crippen molar-refractivity contribution in [1.29, 1.82) is 0 Å². The number of anilines is 1. The number of aromatic nitrogens is 2. The van der Waals surface area contributed by atoms with Crippen molar-refractivity contribution in [3.63, 3.8) is 0 Å². The molecule has 0 fully saturated rings. The summed E-state index contributed by atoms with van der Waals surface area (Å²) in [6.45, 7) is 1.89. The second-order valence-corrected chi connectivity index (χ2v) is 7.23. The average Bonchev–Trinajstić information content (AvgIpc) is 3.30. The zero-order chi connectivity index (χ0) is 23.5. The lowest BCUT2D eigenvalue weighted by atomic mass is 9.98. The first-order valence-electron chi connectivity index (χ1n) is 9.86. The molecule has 2 aromatic carbocycles. The van der Waals surface area contributed by atoms with E-state index in [9.17, 15) is 18.4 Å². The van der Waals surface area contributed by atoms with Crippen LogP contribution in [0.5, 0.6) is 0 Å². The topological polar surface area (TPSA) is 103 Å². The molecule has 10 heteroatoms. The predicted molar refractivity (Wildman–Crippen MR) is 115 cm³/mol. The fourth-order valence-electron chi connectivity index (χ4n) is 3.31. The normalized spacial score (nSPS) is 14.9. The molecule has 0 saturated carbocycles. The highest BCUT2D eigenvalue weighted by atomic mass is 19.1. The highest BCUT2D eigenvalue weighted by molar-refractivity contribution is 6.05. The van der Waals surface area contributed by atoms with Crippen LogP contribution in [-0.2, 0) is 14.4 Å². The number of oxime groups is 1. The number of amides is 1. The van der Waals surface area contributed by atoms with Gasteiger partial charge in [0.15, 0.2) is 5.82 Å². The number of rotatable bonds is 5. The van der Waals surface area contributed by atoms with Crippen LogP contribution < -0.4 is 5.32 Å². The Balaban J connectivity index is 1.53. The van der Waals surface area contributed by atoms with Crippen molar-refractivity contribution < 1.29 is 27.9 Å². The van der Waals surface area contributed by atoms with Crippen LogP contribution in [0.4, 0.5) is 14.6 Å². The number of benzene rings is 2. The number of carbonyl (C=O) groups excluding carboxylic acids is 2. The molecule has 1 atom stereocenters. The van der Waals surface area contributed by atoms with Gasteiger partial charge in [0.05, 0.1) is 30.9 Å². The summed E-state index contributed by atoms with van der Waals surface area (Å²) < 4.78 is 32.3. The minimum atomic E-state index is -0.974. The second-order valence-electron chi connectivity index (χ2n) is 7.23. The van der Waals surface area contributed by atoms with Crippen molar-refractivity contribution in [2.75, 3.05) is 12.4 Å². The zero-order valence-electron chi connectivity index (χ0n) is 17.6. The van der Waals surface area contributed by atoms with Crippen molar-refractivity contribution in [2.45, 2.75) is 19.4 Å². The van der Waals surface area contributed by atoms with Crippen molar-refractivity contribution in [3.05, 3.63) is 77.1 Å². The number of nitrogens with one attached hydrogen (secondary N) is 1. The molecular weight excluding hydrogens is 434 g/mol. The summed E-state index contributed by atoms with van der Waals surface area (Å²) in [6.07, 6.45) is 2.22. The largest absolute Gasteiger partial charge is 0.466 e. The van der Waals surface area contributed by atoms with E-state index in [1.165, 1.54) is 25.6 Å². The lowest BCUT2D eigenvalue weighted by molar-refractivity contribution is -0.152. The van der Waals surface area contributed by atoms with Gasteiger partial charge in [0, 0.05) is 17.5 Å². The summed E-state index contributed by atoms with van der Waals surface area (Å²) in [4.78, 5) is 37.5. The van der Waals surface area contributed by atoms with Crippen LogP contribution in [0.15, 0.2) is 53.9 Å². The van der Waals surface area contributed by atoms with Gasteiger partial charge in [-0.25, -0.2) is 18.6 Å². The molecule has 33 heavy (non-hydrogen) atoms. The smallest absolute Gasteiger partial charge is 0.350 e. The van der Waals surface area contributed by atoms with Crippen LogP contribution in [0.3, 0.4) is 0 Å². The molecule has 1 amide bonds. The number of ether oxygens (including phenoxy) is 1. The van der Waals surface area contributed by atoms with Crippen molar-refractivity contribution >= 4 is 23.4 Å². The van der Waals surface area contributed by atoms with Crippen molar-refractivity contribution in [3.8, 4) is 11.3 Å². The highest BCUT2D eigenvalue weighted by Crippen LogP contribution is 2.26. The van der Waals surface area contributed by atoms with Gasteiger partial charge in [-0.05, 0) is 30.7 Å². The molecule has 168 valence electrons. The zero-order valence-corrected chi connectivity index (χ0v) is 17.6. The predicted octanol–water partition coefficient (Wildman–Crippen LogP) is 3.65. The van der Waals surface area contributed by atoms with E-state index >= 15 is 0 Å². The van der Waals surface area contributed by atoms with E-state index in [2.05, 4.69) is 25.2 Å². The third-order valence-electron chi connectivity index (χ3n) is 5.06. The quantitative estimate of drug-likeness (QED) is 0.593. The molecule has 1 aromatic heterocycles. The van der Waals surface area contributed by atoms with Crippen LogP contribution in [0.2, 0.25) is 0 Å². The Morgan fingerprint density at radius 3 is 2.55 bits per heavy atom. The summed E-state index contributed by atoms with van der Waals surface area (Å²) in [7, 11) is 1.28. The Morgan fingerprint density at radius 2 is 1.88 bits per heavy atom. The highest BCUT2D eigenvalue weighted by Gasteiger charge is 2.30. The maximum Gasteiger partial charge on any atom is 0.350 e. The van der Waals surface area contributed by atoms with E-state index in [0.29, 0.717) is 11.4 Å². The van der Waals surface area contributed by atoms with Crippen LogP contribution in [-0.4, -0.2) is 40.8 Å². The lowest BCUT2D eigenvalue weighted by Gasteiger charge is -2.10. The van der Waals surface area contributed by atoms with E-state index < -0.39 is 35.2 Å². The van der Waals surface area contributed by atoms with Gasteiger partial charge in [-0.2, -0.15) is 0 Å². The molecule has 1 aliphatic rings. The van der Waals surface area contributed by atoms with Crippen LogP contribution in [0.25, 0.3) is 11.3 Å². The molecule has 0 radical (unpaired) electrons. The maximum atomic E-state index is 13.8. The fraction of sp³-hybridized carbons (Fsp3) is 0.174. The number of carbonyl (C=O) groups is 2. The van der Waals surface area contributed by atoms with Gasteiger partial charge in [-0.1, -0.05) is 23.4 Å². The molecule has 2 heterocycles. The third-order valence-corrected chi connectivity index (χ3v) is 5.06. The SMILES string of the molecule is COC(=O)C1CC(c2ccc(C)c(-c3cnc(NC(=O)c4c(F)cccc4F)cn3)c2)=NO1. The van der Waals surface area contributed by atoms with Gasteiger partial charge in [-0.3, -0.25) is 9.78 Å². The molecule has 0 bridgehead atoms. The molecule has 1 aliphatic heterocycles. The van der Waals surface area contributed by atoms with E-state index in [1.807, 2.05) is 25.1 Å². The third kappa shape index (κ3) is 4.54. The molecular formula is C23H18F2N4O4. The first-order chi connectivity index (χ1) is 15.9. The summed E-state index contributed by atoms with van der Waals surface area (Å²) in [5.41, 5.74) is 2.81. The Bertz CT molecular complexity index is 1240. The molecule has 0 spiro atoms. The number of halogens is 2. The number of aryl methyl sites for hydroxylation is 1. The standard InChI is InChI=1S/C23H18F2N4O4/c1-12-6-7-13(17-9-19(33-29-17)23(31)32-2)8-14(12)18-10-27-20(11-26-18)28-22(30)21-15(24)4-3-5-16(21)25/h3-8,10-11,19H,9H2,1-2H3,(H,27,28,30). The minimum absolute atomic E-state index is 0.0368. The van der Waals surface area contributed by atoms with E-state index in [1.54, 1.807) is 0 Å². The summed E-state index contributed by atoms with van der Waals surface area (Å²) in [5, 5.41) is 6.32. The molecule has 1 unspecified atom stereocenters. The second kappa shape index (κ2) is 9.11. The Morgan fingerprint density at radius 1 is 1.12 bits per heavy atom.